The molecule has 112 valence electrons. The van der Waals surface area contributed by atoms with Crippen LogP contribution in [0.25, 0.3) is 0 Å². The molecule has 2 aromatic rings. The minimum Gasteiger partial charge on any atom is -0.465 e. The van der Waals surface area contributed by atoms with Crippen LogP contribution in [0.5, 0.6) is 0 Å². The first kappa shape index (κ1) is 15.9. The maximum Gasteiger partial charge on any atom is 0.340 e. The molecule has 0 saturated heterocycles. The van der Waals surface area contributed by atoms with E-state index in [1.807, 2.05) is 18.4 Å². The van der Waals surface area contributed by atoms with Crippen LogP contribution in [0.1, 0.15) is 28.2 Å². The first-order valence-electron chi connectivity index (χ1n) is 6.00. The lowest BCUT2D eigenvalue weighted by molar-refractivity contribution is 0.0595. The maximum absolute atomic E-state index is 13.8. The van der Waals surface area contributed by atoms with Crippen molar-refractivity contribution < 1.29 is 18.3 Å². The van der Waals surface area contributed by atoms with E-state index in [9.17, 15) is 13.6 Å². The Morgan fingerprint density at radius 1 is 1.33 bits per heavy atom. The van der Waals surface area contributed by atoms with Crippen LogP contribution >= 0.6 is 27.3 Å². The van der Waals surface area contributed by atoms with Crippen LogP contribution in [0.2, 0.25) is 0 Å². The summed E-state index contributed by atoms with van der Waals surface area (Å²) in [5.41, 5.74) is -0.255. The van der Waals surface area contributed by atoms with Crippen LogP contribution in [0.15, 0.2) is 28.1 Å². The number of nitrogens with one attached hydrogen (secondary N) is 1. The van der Waals surface area contributed by atoms with E-state index in [2.05, 4.69) is 26.0 Å². The van der Waals surface area contributed by atoms with E-state index in [0.717, 1.165) is 22.5 Å². The van der Waals surface area contributed by atoms with Crippen LogP contribution in [0, 0.1) is 11.6 Å². The number of thiophene rings is 1. The van der Waals surface area contributed by atoms with Gasteiger partial charge in [0.25, 0.3) is 0 Å². The lowest BCUT2D eigenvalue weighted by Gasteiger charge is -2.15. The van der Waals surface area contributed by atoms with Gasteiger partial charge in [-0.05, 0) is 35.0 Å². The lowest BCUT2D eigenvalue weighted by Crippen LogP contribution is -2.10. The second-order valence-corrected chi connectivity index (χ2v) is 6.20. The Morgan fingerprint density at radius 2 is 2.05 bits per heavy atom. The van der Waals surface area contributed by atoms with Crippen LogP contribution in [-0.4, -0.2) is 13.1 Å². The molecule has 7 heteroatoms. The summed E-state index contributed by atoms with van der Waals surface area (Å²) in [6, 6.07) is 3.51. The minimum atomic E-state index is -0.948. The third-order valence-corrected chi connectivity index (χ3v) is 4.72. The van der Waals surface area contributed by atoms with Gasteiger partial charge in [-0.3, -0.25) is 0 Å². The number of ether oxygens (including phenoxy) is 1. The van der Waals surface area contributed by atoms with Gasteiger partial charge in [-0.1, -0.05) is 0 Å². The summed E-state index contributed by atoms with van der Waals surface area (Å²) in [6.45, 7) is 1.85. The SMILES string of the molecule is COC(=O)c1cc(NC(C)c2cc(Br)cs2)c(F)cc1F. The standard InChI is InChI=1S/C14H12BrF2NO2S/c1-7(13-3-8(15)6-21-13)18-12-4-9(14(19)20-2)10(16)5-11(12)17/h3-7,18H,1-2H3. The topological polar surface area (TPSA) is 38.3 Å². The van der Waals surface area contributed by atoms with Gasteiger partial charge in [-0.2, -0.15) is 0 Å². The van der Waals surface area contributed by atoms with Crippen molar-refractivity contribution in [3.05, 3.63) is 50.1 Å². The van der Waals surface area contributed by atoms with Gasteiger partial charge >= 0.3 is 5.97 Å². The average Bonchev–Trinajstić information content (AvgIpc) is 2.87. The van der Waals surface area contributed by atoms with Crippen LogP contribution < -0.4 is 5.32 Å². The van der Waals surface area contributed by atoms with Gasteiger partial charge in [-0.25, -0.2) is 13.6 Å². The van der Waals surface area contributed by atoms with Crippen molar-refractivity contribution in [3.63, 3.8) is 0 Å². The highest BCUT2D eigenvalue weighted by molar-refractivity contribution is 9.10. The summed E-state index contributed by atoms with van der Waals surface area (Å²) in [4.78, 5) is 12.4. The lowest BCUT2D eigenvalue weighted by atomic mass is 10.1. The van der Waals surface area contributed by atoms with Crippen molar-refractivity contribution in [2.75, 3.05) is 12.4 Å². The van der Waals surface area contributed by atoms with E-state index in [0.29, 0.717) is 6.07 Å². The van der Waals surface area contributed by atoms with E-state index in [-0.39, 0.29) is 17.3 Å². The van der Waals surface area contributed by atoms with Crippen LogP contribution in [0.4, 0.5) is 14.5 Å². The number of hydrogen-bond donors (Lipinski definition) is 1. The van der Waals surface area contributed by atoms with E-state index in [4.69, 9.17) is 0 Å². The number of halogens is 3. The highest BCUT2D eigenvalue weighted by Gasteiger charge is 2.18. The molecule has 0 bridgehead atoms. The van der Waals surface area contributed by atoms with Crippen molar-refractivity contribution in [1.82, 2.24) is 0 Å². The zero-order valence-electron chi connectivity index (χ0n) is 11.2. The molecule has 1 N–H and O–H groups in total. The Labute approximate surface area is 133 Å². The quantitative estimate of drug-likeness (QED) is 0.783. The molecule has 1 aromatic heterocycles. The Bertz CT molecular complexity index is 675. The molecule has 1 aromatic carbocycles. The fourth-order valence-corrected chi connectivity index (χ4v) is 3.24. The van der Waals surface area contributed by atoms with Crippen molar-refractivity contribution in [1.29, 1.82) is 0 Å². The van der Waals surface area contributed by atoms with Crippen LogP contribution in [-0.2, 0) is 4.74 Å². The smallest absolute Gasteiger partial charge is 0.340 e. The van der Waals surface area contributed by atoms with E-state index < -0.39 is 17.6 Å². The highest BCUT2D eigenvalue weighted by Crippen LogP contribution is 2.29. The van der Waals surface area contributed by atoms with E-state index >= 15 is 0 Å². The van der Waals surface area contributed by atoms with Crippen LogP contribution in [0.3, 0.4) is 0 Å². The maximum atomic E-state index is 13.8. The van der Waals surface area contributed by atoms with Crippen molar-refractivity contribution in [3.8, 4) is 0 Å². The molecule has 1 unspecified atom stereocenters. The Hall–Kier alpha value is -1.47. The number of carbonyl (C=O) groups is 1. The molecule has 0 saturated carbocycles. The number of esters is 1. The summed E-state index contributed by atoms with van der Waals surface area (Å²) < 4.78 is 32.8. The first-order valence-corrected chi connectivity index (χ1v) is 7.67. The molecule has 0 aliphatic heterocycles. The number of benzene rings is 1. The largest absolute Gasteiger partial charge is 0.465 e. The van der Waals surface area contributed by atoms with Crippen molar-refractivity contribution in [2.24, 2.45) is 0 Å². The summed E-state index contributed by atoms with van der Waals surface area (Å²) in [6.07, 6.45) is 0. The first-order chi connectivity index (χ1) is 9.92. The minimum absolute atomic E-state index is 0.0498. The normalized spacial score (nSPS) is 12.0. The van der Waals surface area contributed by atoms with E-state index in [1.165, 1.54) is 11.3 Å². The van der Waals surface area contributed by atoms with Gasteiger partial charge in [0.1, 0.15) is 11.6 Å². The molecule has 0 radical (unpaired) electrons. The Kier molecular flexibility index (Phi) is 4.95. The zero-order valence-corrected chi connectivity index (χ0v) is 13.6. The highest BCUT2D eigenvalue weighted by atomic mass is 79.9. The van der Waals surface area contributed by atoms with Gasteiger partial charge in [0.2, 0.25) is 0 Å². The number of carbonyl (C=O) groups excluding carboxylic acids is 1. The molecule has 3 nitrogen and oxygen atoms in total. The third-order valence-electron chi connectivity index (χ3n) is 2.85. The molecular weight excluding hydrogens is 364 g/mol. The summed E-state index contributed by atoms with van der Waals surface area (Å²) >= 11 is 4.85. The number of anilines is 1. The fraction of sp³-hybridized carbons (Fsp3) is 0.214. The Morgan fingerprint density at radius 3 is 2.62 bits per heavy atom. The second kappa shape index (κ2) is 6.53. The molecule has 1 atom stereocenters. The van der Waals surface area contributed by atoms with Gasteiger partial charge < -0.3 is 10.1 Å². The van der Waals surface area contributed by atoms with E-state index in [1.54, 1.807) is 0 Å². The van der Waals surface area contributed by atoms with Crippen molar-refractivity contribution in [2.45, 2.75) is 13.0 Å². The molecule has 0 amide bonds. The van der Waals surface area contributed by atoms with Gasteiger partial charge in [0.05, 0.1) is 24.4 Å². The average molecular weight is 376 g/mol. The molecule has 0 aliphatic carbocycles. The predicted octanol–water partition coefficient (Wildman–Crippen LogP) is 4.75. The molecule has 1 heterocycles. The molecular formula is C14H12BrF2NO2S. The van der Waals surface area contributed by atoms with Gasteiger partial charge in [0.15, 0.2) is 0 Å². The third kappa shape index (κ3) is 3.59. The number of methoxy groups -OCH3 is 1. The van der Waals surface area contributed by atoms with Crippen molar-refractivity contribution >= 4 is 38.9 Å². The summed E-state index contributed by atoms with van der Waals surface area (Å²) in [7, 11) is 1.14. The monoisotopic (exact) mass is 375 g/mol. The molecule has 0 fully saturated rings. The molecule has 0 aliphatic rings. The molecule has 21 heavy (non-hydrogen) atoms. The number of rotatable bonds is 4. The Balaban J connectivity index is 2.29. The summed E-state index contributed by atoms with van der Waals surface area (Å²) in [5, 5.41) is 4.84. The summed E-state index contributed by atoms with van der Waals surface area (Å²) in [5.74, 6) is -2.55. The number of hydrogen-bond acceptors (Lipinski definition) is 4. The molecule has 0 spiro atoms. The van der Waals surface area contributed by atoms with Gasteiger partial charge in [-0.15, -0.1) is 11.3 Å². The fourth-order valence-electron chi connectivity index (χ4n) is 1.79. The van der Waals surface area contributed by atoms with Gasteiger partial charge in [0, 0.05) is 20.8 Å². The zero-order chi connectivity index (χ0) is 15.6. The second-order valence-electron chi connectivity index (χ2n) is 4.34. The molecule has 2 rings (SSSR count). The predicted molar refractivity (Wildman–Crippen MR) is 81.8 cm³/mol.